The molecule has 4 nitrogen and oxygen atoms in total. The van der Waals surface area contributed by atoms with Crippen molar-refractivity contribution >= 4 is 17.3 Å². The molecule has 1 aliphatic heterocycles. The number of carbonyl (C=O) groups excluding carboxylic acids is 1. The molecular weight excluding hydrogens is 250 g/mol. The first-order valence-corrected chi connectivity index (χ1v) is 7.61. The van der Waals surface area contributed by atoms with Crippen molar-refractivity contribution in [2.45, 2.75) is 45.6 Å². The van der Waals surface area contributed by atoms with Gasteiger partial charge < -0.3 is 16.0 Å². The van der Waals surface area contributed by atoms with Crippen LogP contribution in [0.4, 0.5) is 11.4 Å². The molecule has 1 heterocycles. The SMILES string of the molecule is CCNC(=O)c1ccc(N)cc1N1CCCCC1CC. The molecule has 0 saturated carbocycles. The predicted octanol–water partition coefficient (Wildman–Crippen LogP) is 2.79. The van der Waals surface area contributed by atoms with Crippen molar-refractivity contribution < 1.29 is 4.79 Å². The van der Waals surface area contributed by atoms with Crippen molar-refractivity contribution in [2.75, 3.05) is 23.7 Å². The lowest BCUT2D eigenvalue weighted by molar-refractivity contribution is 0.0956. The maximum absolute atomic E-state index is 12.2. The van der Waals surface area contributed by atoms with Crippen LogP contribution in [-0.4, -0.2) is 25.0 Å². The van der Waals surface area contributed by atoms with Gasteiger partial charge in [-0.3, -0.25) is 4.79 Å². The minimum Gasteiger partial charge on any atom is -0.399 e. The molecule has 1 aromatic carbocycles. The maximum atomic E-state index is 12.2. The Hall–Kier alpha value is -1.71. The highest BCUT2D eigenvalue weighted by atomic mass is 16.1. The lowest BCUT2D eigenvalue weighted by Gasteiger charge is -2.38. The maximum Gasteiger partial charge on any atom is 0.253 e. The number of rotatable bonds is 4. The zero-order valence-corrected chi connectivity index (χ0v) is 12.5. The first kappa shape index (κ1) is 14.7. The Balaban J connectivity index is 2.37. The Kier molecular flexibility index (Phi) is 4.88. The number of hydrogen-bond acceptors (Lipinski definition) is 3. The third kappa shape index (κ3) is 3.06. The summed E-state index contributed by atoms with van der Waals surface area (Å²) >= 11 is 0. The molecule has 3 N–H and O–H groups in total. The van der Waals surface area contributed by atoms with Crippen LogP contribution in [-0.2, 0) is 0 Å². The second kappa shape index (κ2) is 6.64. The molecule has 0 aromatic heterocycles. The molecule has 1 aromatic rings. The number of nitrogens with one attached hydrogen (secondary N) is 1. The molecule has 1 aliphatic rings. The summed E-state index contributed by atoms with van der Waals surface area (Å²) in [7, 11) is 0. The van der Waals surface area contributed by atoms with Gasteiger partial charge in [0.2, 0.25) is 0 Å². The standard InChI is InChI=1S/C16H25N3O/c1-3-13-7-5-6-10-19(13)15-11-12(17)8-9-14(15)16(20)18-4-2/h8-9,11,13H,3-7,10,17H2,1-2H3,(H,18,20). The van der Waals surface area contributed by atoms with Crippen LogP contribution in [0, 0.1) is 0 Å². The van der Waals surface area contributed by atoms with Gasteiger partial charge in [0.1, 0.15) is 0 Å². The minimum atomic E-state index is -0.0112. The Morgan fingerprint density at radius 1 is 1.40 bits per heavy atom. The molecule has 0 radical (unpaired) electrons. The lowest BCUT2D eigenvalue weighted by atomic mass is 9.97. The summed E-state index contributed by atoms with van der Waals surface area (Å²) in [6.07, 6.45) is 4.75. The first-order valence-electron chi connectivity index (χ1n) is 7.61. The summed E-state index contributed by atoms with van der Waals surface area (Å²) in [6, 6.07) is 6.10. The van der Waals surface area contributed by atoms with E-state index in [0.717, 1.165) is 24.2 Å². The van der Waals surface area contributed by atoms with E-state index in [1.54, 1.807) is 6.07 Å². The minimum absolute atomic E-state index is 0.0112. The number of nitrogens with two attached hydrogens (primary N) is 1. The lowest BCUT2D eigenvalue weighted by Crippen LogP contribution is -2.40. The molecule has 0 spiro atoms. The fraction of sp³-hybridized carbons (Fsp3) is 0.562. The summed E-state index contributed by atoms with van der Waals surface area (Å²) in [4.78, 5) is 14.6. The van der Waals surface area contributed by atoms with Crippen molar-refractivity contribution in [3.63, 3.8) is 0 Å². The van der Waals surface area contributed by atoms with Gasteiger partial charge in [0.15, 0.2) is 0 Å². The highest BCUT2D eigenvalue weighted by Crippen LogP contribution is 2.31. The monoisotopic (exact) mass is 275 g/mol. The van der Waals surface area contributed by atoms with Gasteiger partial charge in [-0.1, -0.05) is 6.92 Å². The Morgan fingerprint density at radius 2 is 2.20 bits per heavy atom. The van der Waals surface area contributed by atoms with Gasteiger partial charge in [-0.2, -0.15) is 0 Å². The zero-order chi connectivity index (χ0) is 14.5. The average molecular weight is 275 g/mol. The van der Waals surface area contributed by atoms with Crippen LogP contribution < -0.4 is 16.0 Å². The molecule has 20 heavy (non-hydrogen) atoms. The Bertz CT molecular complexity index is 473. The third-order valence-corrected chi connectivity index (χ3v) is 4.01. The predicted molar refractivity (Wildman–Crippen MR) is 84.1 cm³/mol. The highest BCUT2D eigenvalue weighted by molar-refractivity contribution is 6.00. The quantitative estimate of drug-likeness (QED) is 0.831. The van der Waals surface area contributed by atoms with E-state index in [-0.39, 0.29) is 5.91 Å². The normalized spacial score (nSPS) is 18.9. The van der Waals surface area contributed by atoms with Crippen molar-refractivity contribution in [3.8, 4) is 0 Å². The summed E-state index contributed by atoms with van der Waals surface area (Å²) in [5.74, 6) is -0.0112. The van der Waals surface area contributed by atoms with Gasteiger partial charge in [0.25, 0.3) is 5.91 Å². The summed E-state index contributed by atoms with van der Waals surface area (Å²) < 4.78 is 0. The van der Waals surface area contributed by atoms with Crippen molar-refractivity contribution in [2.24, 2.45) is 0 Å². The number of piperidine rings is 1. The summed E-state index contributed by atoms with van der Waals surface area (Å²) in [5, 5.41) is 2.89. The van der Waals surface area contributed by atoms with Crippen LogP contribution in [0.5, 0.6) is 0 Å². The molecular formula is C16H25N3O. The fourth-order valence-electron chi connectivity index (χ4n) is 2.98. The van der Waals surface area contributed by atoms with E-state index in [2.05, 4.69) is 17.1 Å². The van der Waals surface area contributed by atoms with Crippen molar-refractivity contribution in [1.29, 1.82) is 0 Å². The van der Waals surface area contributed by atoms with Crippen LogP contribution in [0.3, 0.4) is 0 Å². The molecule has 1 fully saturated rings. The van der Waals surface area contributed by atoms with E-state index < -0.39 is 0 Å². The molecule has 1 atom stereocenters. The summed E-state index contributed by atoms with van der Waals surface area (Å²) in [5.41, 5.74) is 8.38. The van der Waals surface area contributed by atoms with Gasteiger partial charge in [0.05, 0.1) is 11.3 Å². The first-order chi connectivity index (χ1) is 9.67. The Morgan fingerprint density at radius 3 is 2.90 bits per heavy atom. The molecule has 2 rings (SSSR count). The average Bonchev–Trinajstić information content (AvgIpc) is 2.47. The topological polar surface area (TPSA) is 58.4 Å². The van der Waals surface area contributed by atoms with Crippen LogP contribution in [0.15, 0.2) is 18.2 Å². The van der Waals surface area contributed by atoms with Crippen molar-refractivity contribution in [1.82, 2.24) is 5.32 Å². The smallest absolute Gasteiger partial charge is 0.253 e. The van der Waals surface area contributed by atoms with Crippen LogP contribution in [0.25, 0.3) is 0 Å². The number of nitrogen functional groups attached to an aromatic ring is 1. The van der Waals surface area contributed by atoms with E-state index in [0.29, 0.717) is 18.3 Å². The van der Waals surface area contributed by atoms with Crippen LogP contribution >= 0.6 is 0 Å². The fourth-order valence-corrected chi connectivity index (χ4v) is 2.98. The number of hydrogen-bond donors (Lipinski definition) is 2. The van der Waals surface area contributed by atoms with Crippen LogP contribution in [0.2, 0.25) is 0 Å². The number of carbonyl (C=O) groups is 1. The van der Waals surface area contributed by atoms with Gasteiger partial charge >= 0.3 is 0 Å². The molecule has 4 heteroatoms. The Labute approximate surface area is 121 Å². The van der Waals surface area contributed by atoms with Gasteiger partial charge in [0, 0.05) is 24.8 Å². The van der Waals surface area contributed by atoms with E-state index in [9.17, 15) is 4.79 Å². The third-order valence-electron chi connectivity index (χ3n) is 4.01. The second-order valence-corrected chi connectivity index (χ2v) is 5.39. The van der Waals surface area contributed by atoms with Gasteiger partial charge in [-0.05, 0) is 50.8 Å². The number of amides is 1. The number of nitrogens with zero attached hydrogens (tertiary/aromatic N) is 1. The van der Waals surface area contributed by atoms with E-state index >= 15 is 0 Å². The molecule has 0 bridgehead atoms. The van der Waals surface area contributed by atoms with E-state index in [1.165, 1.54) is 19.3 Å². The van der Waals surface area contributed by atoms with Crippen LogP contribution in [0.1, 0.15) is 49.9 Å². The van der Waals surface area contributed by atoms with Gasteiger partial charge in [-0.15, -0.1) is 0 Å². The molecule has 0 aliphatic carbocycles. The van der Waals surface area contributed by atoms with E-state index in [1.807, 2.05) is 19.1 Å². The largest absolute Gasteiger partial charge is 0.399 e. The summed E-state index contributed by atoms with van der Waals surface area (Å²) in [6.45, 7) is 5.79. The second-order valence-electron chi connectivity index (χ2n) is 5.39. The molecule has 1 saturated heterocycles. The number of benzene rings is 1. The van der Waals surface area contributed by atoms with Crippen molar-refractivity contribution in [3.05, 3.63) is 23.8 Å². The highest BCUT2D eigenvalue weighted by Gasteiger charge is 2.25. The molecule has 110 valence electrons. The van der Waals surface area contributed by atoms with Gasteiger partial charge in [-0.25, -0.2) is 0 Å². The zero-order valence-electron chi connectivity index (χ0n) is 12.5. The molecule has 1 amide bonds. The van der Waals surface area contributed by atoms with E-state index in [4.69, 9.17) is 5.73 Å². The molecule has 1 unspecified atom stereocenters. The number of anilines is 2.